The van der Waals surface area contributed by atoms with Crippen LogP contribution in [0.25, 0.3) is 0 Å². The molecule has 2 aromatic rings. The first kappa shape index (κ1) is 19.9. The van der Waals surface area contributed by atoms with E-state index in [2.05, 4.69) is 5.32 Å². The molecular weight excluding hydrogens is 380 g/mol. The quantitative estimate of drug-likeness (QED) is 0.631. The van der Waals surface area contributed by atoms with Crippen molar-refractivity contribution < 1.29 is 19.1 Å². The van der Waals surface area contributed by atoms with Gasteiger partial charge in [0, 0.05) is 42.2 Å². The van der Waals surface area contributed by atoms with Gasteiger partial charge < -0.3 is 15.0 Å². The fourth-order valence-corrected chi connectivity index (χ4v) is 3.36. The zero-order chi connectivity index (χ0) is 20.1. The largest absolute Gasteiger partial charge is 0.427 e. The van der Waals surface area contributed by atoms with Gasteiger partial charge in [-0.15, -0.1) is 0 Å². The molecule has 1 fully saturated rings. The number of amides is 2. The van der Waals surface area contributed by atoms with Crippen molar-refractivity contribution in [1.82, 2.24) is 10.2 Å². The second-order valence-electron chi connectivity index (χ2n) is 6.67. The summed E-state index contributed by atoms with van der Waals surface area (Å²) in [6.45, 7) is 2.39. The van der Waals surface area contributed by atoms with Crippen LogP contribution in [0, 0.1) is 0 Å². The van der Waals surface area contributed by atoms with Gasteiger partial charge in [0.05, 0.1) is 0 Å². The number of carbonyl (C=O) groups is 3. The van der Waals surface area contributed by atoms with Crippen molar-refractivity contribution in [2.45, 2.75) is 25.8 Å². The van der Waals surface area contributed by atoms with E-state index in [1.165, 1.54) is 6.92 Å². The Bertz CT molecular complexity index is 891. The summed E-state index contributed by atoms with van der Waals surface area (Å²) in [7, 11) is 0. The molecule has 2 amide bonds. The summed E-state index contributed by atoms with van der Waals surface area (Å²) in [5, 5.41) is 3.52. The first-order chi connectivity index (χ1) is 13.4. The van der Waals surface area contributed by atoms with E-state index in [0.29, 0.717) is 47.8 Å². The molecule has 1 saturated heterocycles. The number of piperidine rings is 1. The monoisotopic (exact) mass is 400 g/mol. The lowest BCUT2D eigenvalue weighted by atomic mass is 10.0. The van der Waals surface area contributed by atoms with Crippen LogP contribution < -0.4 is 10.1 Å². The number of hydrogen-bond acceptors (Lipinski definition) is 4. The summed E-state index contributed by atoms with van der Waals surface area (Å²) < 4.78 is 5.04. The molecule has 3 rings (SSSR count). The van der Waals surface area contributed by atoms with Crippen LogP contribution in [-0.2, 0) is 4.79 Å². The lowest BCUT2D eigenvalue weighted by Crippen LogP contribution is -2.46. The van der Waals surface area contributed by atoms with Crippen LogP contribution in [0.3, 0.4) is 0 Å². The highest BCUT2D eigenvalue weighted by atomic mass is 35.5. The molecule has 0 spiro atoms. The van der Waals surface area contributed by atoms with E-state index < -0.39 is 5.97 Å². The van der Waals surface area contributed by atoms with Gasteiger partial charge in [-0.2, -0.15) is 0 Å². The third kappa shape index (κ3) is 5.10. The molecule has 0 bridgehead atoms. The minimum Gasteiger partial charge on any atom is -0.427 e. The average Bonchev–Trinajstić information content (AvgIpc) is 2.68. The maximum Gasteiger partial charge on any atom is 0.308 e. The first-order valence-electron chi connectivity index (χ1n) is 9.06. The van der Waals surface area contributed by atoms with Crippen LogP contribution in [-0.4, -0.2) is 41.8 Å². The lowest BCUT2D eigenvalue weighted by molar-refractivity contribution is -0.131. The Hall–Kier alpha value is -2.86. The number of hydrogen-bond donors (Lipinski definition) is 1. The van der Waals surface area contributed by atoms with Gasteiger partial charge in [-0.25, -0.2) is 0 Å². The van der Waals surface area contributed by atoms with Crippen LogP contribution in [0.1, 0.15) is 40.5 Å². The molecule has 146 valence electrons. The molecule has 1 aliphatic rings. The molecule has 7 heteroatoms. The number of esters is 1. The van der Waals surface area contributed by atoms with E-state index in [1.807, 2.05) is 0 Å². The number of likely N-dealkylation sites (tertiary alicyclic amines) is 1. The van der Waals surface area contributed by atoms with Crippen molar-refractivity contribution in [1.29, 1.82) is 0 Å². The Morgan fingerprint density at radius 2 is 1.71 bits per heavy atom. The van der Waals surface area contributed by atoms with Crippen molar-refractivity contribution in [3.63, 3.8) is 0 Å². The molecule has 6 nitrogen and oxygen atoms in total. The molecule has 1 N–H and O–H groups in total. The van der Waals surface area contributed by atoms with Gasteiger partial charge in [-0.05, 0) is 49.2 Å². The van der Waals surface area contributed by atoms with E-state index in [1.54, 1.807) is 53.4 Å². The second kappa shape index (κ2) is 8.89. The third-order valence-electron chi connectivity index (χ3n) is 4.55. The van der Waals surface area contributed by atoms with Gasteiger partial charge in [0.2, 0.25) is 0 Å². The van der Waals surface area contributed by atoms with Crippen LogP contribution in [0.2, 0.25) is 5.02 Å². The van der Waals surface area contributed by atoms with Gasteiger partial charge in [0.1, 0.15) is 5.75 Å². The predicted octanol–water partition coefficient (Wildman–Crippen LogP) is 3.30. The fraction of sp³-hybridized carbons (Fsp3) is 0.286. The summed E-state index contributed by atoms with van der Waals surface area (Å²) in [5.74, 6) is -0.363. The predicted molar refractivity (Wildman–Crippen MR) is 106 cm³/mol. The summed E-state index contributed by atoms with van der Waals surface area (Å²) in [6, 6.07) is 13.4. The minimum absolute atomic E-state index is 0.00270. The van der Waals surface area contributed by atoms with E-state index >= 15 is 0 Å². The van der Waals surface area contributed by atoms with Crippen LogP contribution in [0.15, 0.2) is 48.5 Å². The molecule has 1 aliphatic heterocycles. The number of ether oxygens (including phenoxy) is 1. The fourth-order valence-electron chi connectivity index (χ4n) is 3.17. The molecule has 0 saturated carbocycles. The number of halogens is 1. The molecule has 0 atom stereocenters. The number of benzene rings is 2. The highest BCUT2D eigenvalue weighted by molar-refractivity contribution is 6.30. The van der Waals surface area contributed by atoms with Crippen LogP contribution >= 0.6 is 11.6 Å². The van der Waals surface area contributed by atoms with E-state index in [-0.39, 0.29) is 17.9 Å². The van der Waals surface area contributed by atoms with Crippen molar-refractivity contribution in [2.75, 3.05) is 13.1 Å². The lowest BCUT2D eigenvalue weighted by Gasteiger charge is -2.32. The Morgan fingerprint density at radius 1 is 1.04 bits per heavy atom. The van der Waals surface area contributed by atoms with Gasteiger partial charge in [0.25, 0.3) is 11.8 Å². The molecule has 0 radical (unpaired) electrons. The molecule has 0 unspecified atom stereocenters. The van der Waals surface area contributed by atoms with Crippen LogP contribution in [0.4, 0.5) is 0 Å². The van der Waals surface area contributed by atoms with Crippen LogP contribution in [0.5, 0.6) is 5.75 Å². The second-order valence-corrected chi connectivity index (χ2v) is 7.11. The van der Waals surface area contributed by atoms with Gasteiger partial charge in [0.15, 0.2) is 0 Å². The number of rotatable bonds is 4. The highest BCUT2D eigenvalue weighted by Gasteiger charge is 2.25. The molecular formula is C21H21ClN2O4. The Balaban J connectivity index is 1.55. The van der Waals surface area contributed by atoms with E-state index in [9.17, 15) is 14.4 Å². The maximum atomic E-state index is 12.7. The number of nitrogens with one attached hydrogen (secondary N) is 1. The molecule has 0 aliphatic carbocycles. The number of nitrogens with zero attached hydrogens (tertiary/aromatic N) is 1. The third-order valence-corrected chi connectivity index (χ3v) is 4.78. The van der Waals surface area contributed by atoms with E-state index in [4.69, 9.17) is 16.3 Å². The highest BCUT2D eigenvalue weighted by Crippen LogP contribution is 2.19. The van der Waals surface area contributed by atoms with Crippen molar-refractivity contribution in [3.05, 3.63) is 64.7 Å². The molecule has 28 heavy (non-hydrogen) atoms. The molecule has 0 aromatic heterocycles. The summed E-state index contributed by atoms with van der Waals surface area (Å²) in [4.78, 5) is 37.9. The zero-order valence-corrected chi connectivity index (χ0v) is 16.2. The van der Waals surface area contributed by atoms with Gasteiger partial charge in [-0.1, -0.05) is 23.7 Å². The van der Waals surface area contributed by atoms with E-state index in [0.717, 1.165) is 0 Å². The van der Waals surface area contributed by atoms with Crippen molar-refractivity contribution >= 4 is 29.4 Å². The first-order valence-corrected chi connectivity index (χ1v) is 9.44. The SMILES string of the molecule is CC(=O)Oc1cccc(C(=O)N2CCC(NC(=O)c3cccc(Cl)c3)CC2)c1. The Morgan fingerprint density at radius 3 is 2.39 bits per heavy atom. The zero-order valence-electron chi connectivity index (χ0n) is 15.5. The normalized spacial score (nSPS) is 14.4. The van der Waals surface area contributed by atoms with Crippen molar-refractivity contribution in [2.24, 2.45) is 0 Å². The Kier molecular flexibility index (Phi) is 6.31. The number of carbonyl (C=O) groups excluding carboxylic acids is 3. The maximum absolute atomic E-state index is 12.7. The summed E-state index contributed by atoms with van der Waals surface area (Å²) >= 11 is 5.93. The molecule has 1 heterocycles. The van der Waals surface area contributed by atoms with Crippen molar-refractivity contribution in [3.8, 4) is 5.75 Å². The Labute approximate surface area is 168 Å². The topological polar surface area (TPSA) is 75.7 Å². The van der Waals surface area contributed by atoms with Gasteiger partial charge >= 0.3 is 5.97 Å². The molecule has 2 aromatic carbocycles. The summed E-state index contributed by atoms with van der Waals surface area (Å²) in [6.07, 6.45) is 1.34. The minimum atomic E-state index is -0.430. The average molecular weight is 401 g/mol. The smallest absolute Gasteiger partial charge is 0.308 e. The standard InChI is InChI=1S/C21H21ClN2O4/c1-14(25)28-19-7-3-5-16(13-19)21(27)24-10-8-18(9-11-24)23-20(26)15-4-2-6-17(22)12-15/h2-7,12-13,18H,8-11H2,1H3,(H,23,26). The summed E-state index contributed by atoms with van der Waals surface area (Å²) in [5.41, 5.74) is 0.994. The van der Waals surface area contributed by atoms with Gasteiger partial charge in [-0.3, -0.25) is 14.4 Å².